The third-order valence-corrected chi connectivity index (χ3v) is 4.99. The molecular weight excluding hydrogens is 298 g/mol. The minimum absolute atomic E-state index is 0.288. The van der Waals surface area contributed by atoms with Crippen LogP contribution in [-0.2, 0) is 11.3 Å². The molecule has 130 valence electrons. The lowest BCUT2D eigenvalue weighted by Crippen LogP contribution is -2.49. The van der Waals surface area contributed by atoms with Crippen LogP contribution < -0.4 is 0 Å². The van der Waals surface area contributed by atoms with Crippen molar-refractivity contribution in [2.45, 2.75) is 33.2 Å². The Bertz CT molecular complexity index is 668. The number of piperazine rings is 1. The number of hydrogen-bond donors (Lipinski definition) is 0. The van der Waals surface area contributed by atoms with Gasteiger partial charge in [0.1, 0.15) is 0 Å². The van der Waals surface area contributed by atoms with Gasteiger partial charge in [0.2, 0.25) is 5.91 Å². The summed E-state index contributed by atoms with van der Waals surface area (Å²) in [5.74, 6) is 1.04. The zero-order valence-corrected chi connectivity index (χ0v) is 14.9. The van der Waals surface area contributed by atoms with Crippen molar-refractivity contribution in [1.82, 2.24) is 14.4 Å². The molecule has 1 aliphatic heterocycles. The van der Waals surface area contributed by atoms with E-state index in [9.17, 15) is 4.79 Å². The monoisotopic (exact) mass is 327 g/mol. The molecule has 3 rings (SSSR count). The van der Waals surface area contributed by atoms with E-state index in [1.54, 1.807) is 0 Å². The lowest BCUT2D eigenvalue weighted by molar-refractivity contribution is -0.133. The smallest absolute Gasteiger partial charge is 0.224 e. The Morgan fingerprint density at radius 2 is 1.79 bits per heavy atom. The van der Waals surface area contributed by atoms with E-state index in [4.69, 9.17) is 0 Å². The van der Waals surface area contributed by atoms with Crippen molar-refractivity contribution >= 4 is 16.8 Å². The summed E-state index contributed by atoms with van der Waals surface area (Å²) in [4.78, 5) is 17.0. The number of carbonyl (C=O) groups is 1. The molecule has 1 aliphatic rings. The van der Waals surface area contributed by atoms with Crippen LogP contribution in [0.15, 0.2) is 36.5 Å². The molecule has 1 saturated heterocycles. The predicted molar refractivity (Wildman–Crippen MR) is 99.0 cm³/mol. The number of rotatable bonds is 6. The minimum Gasteiger partial charge on any atom is -0.347 e. The fraction of sp³-hybridized carbons (Fsp3) is 0.550. The zero-order valence-electron chi connectivity index (χ0n) is 14.9. The Labute approximate surface area is 145 Å². The molecule has 1 aromatic heterocycles. The number of nitrogens with zero attached hydrogens (tertiary/aromatic N) is 3. The first-order valence-corrected chi connectivity index (χ1v) is 9.17. The van der Waals surface area contributed by atoms with E-state index in [1.807, 2.05) is 4.90 Å². The van der Waals surface area contributed by atoms with Gasteiger partial charge in [-0.15, -0.1) is 0 Å². The second kappa shape index (κ2) is 7.84. The van der Waals surface area contributed by atoms with E-state index in [2.05, 4.69) is 59.8 Å². The maximum absolute atomic E-state index is 12.5. The van der Waals surface area contributed by atoms with Crippen molar-refractivity contribution in [3.63, 3.8) is 0 Å². The van der Waals surface area contributed by atoms with E-state index in [0.717, 1.165) is 45.2 Å². The maximum Gasteiger partial charge on any atom is 0.224 e. The Balaban J connectivity index is 1.46. The van der Waals surface area contributed by atoms with Gasteiger partial charge < -0.3 is 9.47 Å². The molecular formula is C20H29N3O. The molecule has 24 heavy (non-hydrogen) atoms. The van der Waals surface area contributed by atoms with Gasteiger partial charge in [-0.05, 0) is 36.4 Å². The zero-order chi connectivity index (χ0) is 16.9. The molecule has 0 N–H and O–H groups in total. The quantitative estimate of drug-likeness (QED) is 0.815. The Morgan fingerprint density at radius 3 is 2.54 bits per heavy atom. The largest absolute Gasteiger partial charge is 0.347 e. The first-order valence-electron chi connectivity index (χ1n) is 9.17. The van der Waals surface area contributed by atoms with Crippen LogP contribution in [-0.4, -0.2) is 53.0 Å². The fourth-order valence-corrected chi connectivity index (χ4v) is 3.37. The van der Waals surface area contributed by atoms with E-state index < -0.39 is 0 Å². The Morgan fingerprint density at radius 1 is 1.04 bits per heavy atom. The first kappa shape index (κ1) is 17.0. The molecule has 2 aromatic rings. The number of aromatic nitrogens is 1. The molecule has 0 radical (unpaired) electrons. The lowest BCUT2D eigenvalue weighted by Gasteiger charge is -2.35. The standard InChI is InChI=1S/C20H29N3O/c1-17(2)7-10-21-13-15-23(16-14-21)20(24)9-12-22-11-8-18-5-3-4-6-19(18)22/h3-6,8,11,17H,7,9-10,12-16H2,1-2H3. The van der Waals surface area contributed by atoms with Gasteiger partial charge in [-0.1, -0.05) is 32.0 Å². The number of hydrogen-bond acceptors (Lipinski definition) is 2. The highest BCUT2D eigenvalue weighted by Gasteiger charge is 2.20. The molecule has 2 heterocycles. The highest BCUT2D eigenvalue weighted by Crippen LogP contribution is 2.16. The van der Waals surface area contributed by atoms with Crippen molar-refractivity contribution in [2.24, 2.45) is 5.92 Å². The van der Waals surface area contributed by atoms with Gasteiger partial charge in [-0.2, -0.15) is 0 Å². The number of carbonyl (C=O) groups excluding carboxylic acids is 1. The molecule has 1 amide bonds. The molecule has 0 unspecified atom stereocenters. The number of aryl methyl sites for hydroxylation is 1. The second-order valence-corrected chi connectivity index (χ2v) is 7.22. The van der Waals surface area contributed by atoms with E-state index >= 15 is 0 Å². The topological polar surface area (TPSA) is 28.5 Å². The summed E-state index contributed by atoms with van der Waals surface area (Å²) in [6, 6.07) is 10.5. The van der Waals surface area contributed by atoms with Crippen LogP contribution in [0, 0.1) is 5.92 Å². The number of amides is 1. The number of para-hydroxylation sites is 1. The van der Waals surface area contributed by atoms with Gasteiger partial charge in [0.25, 0.3) is 0 Å². The van der Waals surface area contributed by atoms with Gasteiger partial charge in [0.05, 0.1) is 0 Å². The summed E-state index contributed by atoms with van der Waals surface area (Å²) in [5.41, 5.74) is 1.21. The minimum atomic E-state index is 0.288. The molecule has 4 nitrogen and oxygen atoms in total. The Hall–Kier alpha value is -1.81. The Kier molecular flexibility index (Phi) is 5.56. The number of benzene rings is 1. The van der Waals surface area contributed by atoms with Crippen LogP contribution in [0.4, 0.5) is 0 Å². The highest BCUT2D eigenvalue weighted by atomic mass is 16.2. The van der Waals surface area contributed by atoms with E-state index in [1.165, 1.54) is 17.3 Å². The summed E-state index contributed by atoms with van der Waals surface area (Å²) in [5, 5.41) is 1.24. The van der Waals surface area contributed by atoms with E-state index in [0.29, 0.717) is 6.42 Å². The molecule has 1 fully saturated rings. The summed E-state index contributed by atoms with van der Waals surface area (Å²) < 4.78 is 2.19. The van der Waals surface area contributed by atoms with E-state index in [-0.39, 0.29) is 5.91 Å². The van der Waals surface area contributed by atoms with Crippen molar-refractivity contribution in [3.05, 3.63) is 36.5 Å². The van der Waals surface area contributed by atoms with Crippen LogP contribution in [0.25, 0.3) is 10.9 Å². The molecule has 4 heteroatoms. The molecule has 1 aromatic carbocycles. The van der Waals surface area contributed by atoms with Gasteiger partial charge in [0, 0.05) is 50.9 Å². The van der Waals surface area contributed by atoms with Crippen LogP contribution in [0.3, 0.4) is 0 Å². The van der Waals surface area contributed by atoms with Crippen LogP contribution in [0.1, 0.15) is 26.7 Å². The van der Waals surface area contributed by atoms with Gasteiger partial charge in [-0.25, -0.2) is 0 Å². The summed E-state index contributed by atoms with van der Waals surface area (Å²) in [6.07, 6.45) is 3.92. The van der Waals surface area contributed by atoms with Crippen LogP contribution in [0.2, 0.25) is 0 Å². The average Bonchev–Trinajstić information content (AvgIpc) is 3.01. The molecule has 0 saturated carbocycles. The molecule has 0 aliphatic carbocycles. The second-order valence-electron chi connectivity index (χ2n) is 7.22. The van der Waals surface area contributed by atoms with Gasteiger partial charge >= 0.3 is 0 Å². The fourth-order valence-electron chi connectivity index (χ4n) is 3.37. The summed E-state index contributed by atoms with van der Waals surface area (Å²) in [6.45, 7) is 10.3. The van der Waals surface area contributed by atoms with Crippen molar-refractivity contribution in [3.8, 4) is 0 Å². The van der Waals surface area contributed by atoms with Crippen LogP contribution in [0.5, 0.6) is 0 Å². The molecule has 0 bridgehead atoms. The van der Waals surface area contributed by atoms with Gasteiger partial charge in [-0.3, -0.25) is 9.69 Å². The highest BCUT2D eigenvalue weighted by molar-refractivity contribution is 5.80. The third-order valence-electron chi connectivity index (χ3n) is 4.99. The molecule has 0 atom stereocenters. The average molecular weight is 327 g/mol. The number of fused-ring (bicyclic) bond motifs is 1. The molecule has 0 spiro atoms. The van der Waals surface area contributed by atoms with Crippen molar-refractivity contribution in [1.29, 1.82) is 0 Å². The SMILES string of the molecule is CC(C)CCN1CCN(C(=O)CCn2ccc3ccccc32)CC1. The third kappa shape index (κ3) is 4.18. The van der Waals surface area contributed by atoms with Crippen molar-refractivity contribution < 1.29 is 4.79 Å². The lowest BCUT2D eigenvalue weighted by atomic mass is 10.1. The predicted octanol–water partition coefficient (Wildman–Crippen LogP) is 3.22. The first-order chi connectivity index (χ1) is 11.6. The maximum atomic E-state index is 12.5. The van der Waals surface area contributed by atoms with Gasteiger partial charge in [0.15, 0.2) is 0 Å². The van der Waals surface area contributed by atoms with Crippen molar-refractivity contribution in [2.75, 3.05) is 32.7 Å². The van der Waals surface area contributed by atoms with Crippen LogP contribution >= 0.6 is 0 Å². The summed E-state index contributed by atoms with van der Waals surface area (Å²) >= 11 is 0. The summed E-state index contributed by atoms with van der Waals surface area (Å²) in [7, 11) is 0. The normalized spacial score (nSPS) is 16.2.